The van der Waals surface area contributed by atoms with Gasteiger partial charge in [0.25, 0.3) is 0 Å². The van der Waals surface area contributed by atoms with Gasteiger partial charge in [-0.25, -0.2) is 0 Å². The monoisotopic (exact) mass is 311 g/mol. The van der Waals surface area contributed by atoms with E-state index in [9.17, 15) is 0 Å². The highest BCUT2D eigenvalue weighted by molar-refractivity contribution is 9.10. The Kier molecular flexibility index (Phi) is 5.67. The number of hydrogen-bond acceptors (Lipinski definition) is 2. The summed E-state index contributed by atoms with van der Waals surface area (Å²) in [5.41, 5.74) is 1.39. The molecule has 2 atom stereocenters. The molecule has 0 spiro atoms. The van der Waals surface area contributed by atoms with E-state index in [0.717, 1.165) is 37.1 Å². The molecule has 2 unspecified atom stereocenters. The fraction of sp³-hybridized carbons (Fsp3) is 0.600. The molecule has 0 bridgehead atoms. The molecule has 1 fully saturated rings. The van der Waals surface area contributed by atoms with Gasteiger partial charge in [0.2, 0.25) is 0 Å². The van der Waals surface area contributed by atoms with Crippen LogP contribution in [-0.4, -0.2) is 25.8 Å². The molecule has 1 aromatic rings. The standard InChI is InChI=1S/C15H22BrNO/c1-2-7-17-15-6-8-18-11-13(15)9-12-4-3-5-14(16)10-12/h3-5,10,13,15,17H,2,6-9,11H2,1H3. The molecule has 1 N–H and O–H groups in total. The second-order valence-electron chi connectivity index (χ2n) is 5.02. The molecular formula is C15H22BrNO. The van der Waals surface area contributed by atoms with Crippen LogP contribution in [0.15, 0.2) is 28.7 Å². The third-order valence-electron chi connectivity index (χ3n) is 3.52. The zero-order chi connectivity index (χ0) is 12.8. The van der Waals surface area contributed by atoms with E-state index >= 15 is 0 Å². The van der Waals surface area contributed by atoms with Crippen LogP contribution in [0.2, 0.25) is 0 Å². The first-order valence-electron chi connectivity index (χ1n) is 6.85. The van der Waals surface area contributed by atoms with Gasteiger partial charge in [0.1, 0.15) is 0 Å². The average molecular weight is 312 g/mol. The van der Waals surface area contributed by atoms with Gasteiger partial charge in [-0.3, -0.25) is 0 Å². The lowest BCUT2D eigenvalue weighted by molar-refractivity contribution is 0.0323. The van der Waals surface area contributed by atoms with Crippen molar-refractivity contribution in [3.8, 4) is 0 Å². The second kappa shape index (κ2) is 7.27. The molecule has 1 heterocycles. The first-order chi connectivity index (χ1) is 8.79. The molecule has 0 amide bonds. The molecule has 1 aliphatic heterocycles. The van der Waals surface area contributed by atoms with E-state index in [0.29, 0.717) is 12.0 Å². The normalized spacial score (nSPS) is 24.1. The Labute approximate surface area is 118 Å². The van der Waals surface area contributed by atoms with E-state index in [-0.39, 0.29) is 0 Å². The van der Waals surface area contributed by atoms with Gasteiger partial charge >= 0.3 is 0 Å². The maximum Gasteiger partial charge on any atom is 0.0512 e. The van der Waals surface area contributed by atoms with Crippen molar-refractivity contribution < 1.29 is 4.74 Å². The number of halogens is 1. The number of rotatable bonds is 5. The molecule has 3 heteroatoms. The molecule has 2 nitrogen and oxygen atoms in total. The van der Waals surface area contributed by atoms with Gasteiger partial charge < -0.3 is 10.1 Å². The first-order valence-corrected chi connectivity index (χ1v) is 7.64. The summed E-state index contributed by atoms with van der Waals surface area (Å²) in [4.78, 5) is 0. The van der Waals surface area contributed by atoms with Crippen molar-refractivity contribution in [1.29, 1.82) is 0 Å². The Hall–Kier alpha value is -0.380. The van der Waals surface area contributed by atoms with E-state index in [1.807, 2.05) is 0 Å². The third kappa shape index (κ3) is 4.08. The van der Waals surface area contributed by atoms with E-state index in [1.165, 1.54) is 12.0 Å². The van der Waals surface area contributed by atoms with Crippen LogP contribution in [0.5, 0.6) is 0 Å². The van der Waals surface area contributed by atoms with Gasteiger partial charge in [0, 0.05) is 23.0 Å². The van der Waals surface area contributed by atoms with Crippen molar-refractivity contribution in [3.63, 3.8) is 0 Å². The highest BCUT2D eigenvalue weighted by atomic mass is 79.9. The summed E-state index contributed by atoms with van der Waals surface area (Å²) in [6, 6.07) is 9.21. The summed E-state index contributed by atoms with van der Waals surface area (Å²) >= 11 is 3.54. The van der Waals surface area contributed by atoms with Crippen LogP contribution in [0, 0.1) is 5.92 Å². The Morgan fingerprint density at radius 2 is 2.33 bits per heavy atom. The van der Waals surface area contributed by atoms with Gasteiger partial charge in [-0.1, -0.05) is 35.0 Å². The minimum Gasteiger partial charge on any atom is -0.381 e. The van der Waals surface area contributed by atoms with Gasteiger partial charge in [-0.05, 0) is 43.5 Å². The molecule has 2 rings (SSSR count). The van der Waals surface area contributed by atoms with E-state index in [4.69, 9.17) is 4.74 Å². The molecular weight excluding hydrogens is 290 g/mol. The van der Waals surface area contributed by atoms with Crippen LogP contribution in [-0.2, 0) is 11.2 Å². The molecule has 0 aliphatic carbocycles. The lowest BCUT2D eigenvalue weighted by Gasteiger charge is -2.32. The molecule has 0 aromatic heterocycles. The largest absolute Gasteiger partial charge is 0.381 e. The molecule has 1 aliphatic rings. The molecule has 0 radical (unpaired) electrons. The summed E-state index contributed by atoms with van der Waals surface area (Å²) in [6.07, 6.45) is 3.43. The topological polar surface area (TPSA) is 21.3 Å². The van der Waals surface area contributed by atoms with Crippen molar-refractivity contribution in [3.05, 3.63) is 34.3 Å². The van der Waals surface area contributed by atoms with E-state index in [1.54, 1.807) is 0 Å². The van der Waals surface area contributed by atoms with Gasteiger partial charge in [0.05, 0.1) is 6.61 Å². The van der Waals surface area contributed by atoms with Gasteiger partial charge in [-0.2, -0.15) is 0 Å². The van der Waals surface area contributed by atoms with Gasteiger partial charge in [-0.15, -0.1) is 0 Å². The Balaban J connectivity index is 1.96. The lowest BCUT2D eigenvalue weighted by atomic mass is 9.89. The smallest absolute Gasteiger partial charge is 0.0512 e. The fourth-order valence-corrected chi connectivity index (χ4v) is 3.01. The van der Waals surface area contributed by atoms with Crippen LogP contribution < -0.4 is 5.32 Å². The minimum absolute atomic E-state index is 0.597. The Bertz CT molecular complexity index is 369. The molecule has 1 aromatic carbocycles. The number of hydrogen-bond donors (Lipinski definition) is 1. The van der Waals surface area contributed by atoms with Crippen molar-refractivity contribution >= 4 is 15.9 Å². The summed E-state index contributed by atoms with van der Waals surface area (Å²) in [7, 11) is 0. The molecule has 1 saturated heterocycles. The van der Waals surface area contributed by atoms with Gasteiger partial charge in [0.15, 0.2) is 0 Å². The average Bonchev–Trinajstić information content (AvgIpc) is 2.38. The molecule has 0 saturated carbocycles. The SMILES string of the molecule is CCCNC1CCOCC1Cc1cccc(Br)c1. The zero-order valence-corrected chi connectivity index (χ0v) is 12.6. The second-order valence-corrected chi connectivity index (χ2v) is 5.93. The zero-order valence-electron chi connectivity index (χ0n) is 11.0. The quantitative estimate of drug-likeness (QED) is 0.900. The van der Waals surface area contributed by atoms with Crippen molar-refractivity contribution in [2.24, 2.45) is 5.92 Å². The summed E-state index contributed by atoms with van der Waals surface area (Å²) in [5.74, 6) is 0.597. The van der Waals surface area contributed by atoms with Crippen LogP contribution in [0.1, 0.15) is 25.3 Å². The van der Waals surface area contributed by atoms with E-state index < -0.39 is 0 Å². The first kappa shape index (κ1) is 14.0. The predicted octanol–water partition coefficient (Wildman–Crippen LogP) is 3.40. The van der Waals surface area contributed by atoms with Crippen LogP contribution in [0.25, 0.3) is 0 Å². The maximum absolute atomic E-state index is 5.64. The highest BCUT2D eigenvalue weighted by Gasteiger charge is 2.25. The van der Waals surface area contributed by atoms with Crippen LogP contribution >= 0.6 is 15.9 Å². The third-order valence-corrected chi connectivity index (χ3v) is 4.01. The highest BCUT2D eigenvalue weighted by Crippen LogP contribution is 2.21. The summed E-state index contributed by atoms with van der Waals surface area (Å²) in [5, 5.41) is 3.66. The van der Waals surface area contributed by atoms with E-state index in [2.05, 4.69) is 52.4 Å². The number of ether oxygens (including phenoxy) is 1. The maximum atomic E-state index is 5.64. The van der Waals surface area contributed by atoms with Crippen molar-refractivity contribution in [2.75, 3.05) is 19.8 Å². The molecule has 18 heavy (non-hydrogen) atoms. The van der Waals surface area contributed by atoms with Crippen molar-refractivity contribution in [2.45, 2.75) is 32.2 Å². The van der Waals surface area contributed by atoms with Crippen LogP contribution in [0.4, 0.5) is 0 Å². The van der Waals surface area contributed by atoms with Crippen LogP contribution in [0.3, 0.4) is 0 Å². The predicted molar refractivity (Wildman–Crippen MR) is 78.9 cm³/mol. The molecule has 100 valence electrons. The number of nitrogens with one attached hydrogen (secondary N) is 1. The summed E-state index contributed by atoms with van der Waals surface area (Å²) < 4.78 is 6.80. The van der Waals surface area contributed by atoms with Crippen molar-refractivity contribution in [1.82, 2.24) is 5.32 Å². The Morgan fingerprint density at radius 3 is 3.11 bits per heavy atom. The lowest BCUT2D eigenvalue weighted by Crippen LogP contribution is -2.43. The summed E-state index contributed by atoms with van der Waals surface area (Å²) in [6.45, 7) is 5.11. The number of benzene rings is 1. The Morgan fingerprint density at radius 1 is 1.44 bits per heavy atom. The fourth-order valence-electron chi connectivity index (χ4n) is 2.56. The minimum atomic E-state index is 0.597.